The summed E-state index contributed by atoms with van der Waals surface area (Å²) in [5.41, 5.74) is 1.91. The number of ether oxygens (including phenoxy) is 1. The third-order valence-corrected chi connectivity index (χ3v) is 3.53. The number of nitrogens with one attached hydrogen (secondary N) is 1. The Labute approximate surface area is 144 Å². The molecule has 4 nitrogen and oxygen atoms in total. The zero-order chi connectivity index (χ0) is 16.8. The van der Waals surface area contributed by atoms with Gasteiger partial charge in [0.25, 0.3) is 0 Å². The maximum Gasteiger partial charge on any atom is 0.338 e. The van der Waals surface area contributed by atoms with Crippen LogP contribution in [0.2, 0.25) is 0 Å². The standard InChI is InChI=1S/C18H18BrNO3/c1-12(2)23-18(22)14-4-3-5-16(11-14)20-17(21)10-13-6-8-15(19)9-7-13/h3-9,11-12H,10H2,1-2H3,(H,20,21). The lowest BCUT2D eigenvalue weighted by molar-refractivity contribution is -0.115. The van der Waals surface area contributed by atoms with Crippen LogP contribution in [-0.2, 0) is 16.0 Å². The summed E-state index contributed by atoms with van der Waals surface area (Å²) in [5.74, 6) is -0.536. The van der Waals surface area contributed by atoms with E-state index in [9.17, 15) is 9.59 Å². The van der Waals surface area contributed by atoms with Crippen molar-refractivity contribution in [3.8, 4) is 0 Å². The Morgan fingerprint density at radius 3 is 2.48 bits per heavy atom. The third kappa shape index (κ3) is 5.53. The second-order valence-corrected chi connectivity index (χ2v) is 6.30. The van der Waals surface area contributed by atoms with Crippen molar-refractivity contribution in [3.05, 3.63) is 64.1 Å². The van der Waals surface area contributed by atoms with Crippen molar-refractivity contribution in [1.29, 1.82) is 0 Å². The van der Waals surface area contributed by atoms with Gasteiger partial charge in [-0.2, -0.15) is 0 Å². The van der Waals surface area contributed by atoms with Gasteiger partial charge in [0.05, 0.1) is 18.1 Å². The summed E-state index contributed by atoms with van der Waals surface area (Å²) in [6.07, 6.45) is 0.0895. The van der Waals surface area contributed by atoms with Gasteiger partial charge >= 0.3 is 5.97 Å². The highest BCUT2D eigenvalue weighted by Crippen LogP contribution is 2.14. The molecule has 0 aliphatic carbocycles. The Morgan fingerprint density at radius 2 is 1.83 bits per heavy atom. The SMILES string of the molecule is CC(C)OC(=O)c1cccc(NC(=O)Cc2ccc(Br)cc2)c1. The van der Waals surface area contributed by atoms with Gasteiger partial charge in [-0.05, 0) is 49.7 Å². The topological polar surface area (TPSA) is 55.4 Å². The lowest BCUT2D eigenvalue weighted by atomic mass is 10.1. The molecule has 0 radical (unpaired) electrons. The van der Waals surface area contributed by atoms with E-state index in [-0.39, 0.29) is 18.4 Å². The largest absolute Gasteiger partial charge is 0.459 e. The molecular weight excluding hydrogens is 358 g/mol. The number of carbonyl (C=O) groups is 2. The molecule has 120 valence electrons. The zero-order valence-corrected chi connectivity index (χ0v) is 14.6. The minimum atomic E-state index is -0.399. The molecule has 0 aliphatic rings. The summed E-state index contributed by atoms with van der Waals surface area (Å²) in [6.45, 7) is 3.59. The number of benzene rings is 2. The highest BCUT2D eigenvalue weighted by molar-refractivity contribution is 9.10. The molecule has 1 N–H and O–H groups in total. The van der Waals surface area contributed by atoms with Crippen LogP contribution in [0.15, 0.2) is 53.0 Å². The molecule has 0 heterocycles. The molecule has 0 fully saturated rings. The lowest BCUT2D eigenvalue weighted by Crippen LogP contribution is -2.15. The smallest absolute Gasteiger partial charge is 0.338 e. The maximum absolute atomic E-state index is 12.1. The molecule has 0 aromatic heterocycles. The van der Waals surface area contributed by atoms with Gasteiger partial charge in [0, 0.05) is 10.2 Å². The van der Waals surface area contributed by atoms with Crippen LogP contribution in [-0.4, -0.2) is 18.0 Å². The van der Waals surface area contributed by atoms with Gasteiger partial charge in [0.1, 0.15) is 0 Å². The maximum atomic E-state index is 12.1. The van der Waals surface area contributed by atoms with Crippen LogP contribution in [0.25, 0.3) is 0 Å². The Hall–Kier alpha value is -2.14. The van der Waals surface area contributed by atoms with Crippen LogP contribution in [0.1, 0.15) is 29.8 Å². The van der Waals surface area contributed by atoms with Crippen molar-refractivity contribution in [2.75, 3.05) is 5.32 Å². The third-order valence-electron chi connectivity index (χ3n) is 3.00. The number of amides is 1. The van der Waals surface area contributed by atoms with E-state index in [1.165, 1.54) is 0 Å². The fourth-order valence-corrected chi connectivity index (χ4v) is 2.26. The highest BCUT2D eigenvalue weighted by Gasteiger charge is 2.11. The first kappa shape index (κ1) is 17.2. The molecule has 0 spiro atoms. The number of carbonyl (C=O) groups excluding carboxylic acids is 2. The molecule has 5 heteroatoms. The second kappa shape index (κ2) is 7.92. The predicted octanol–water partition coefficient (Wildman–Crippen LogP) is 4.20. The molecular formula is C18H18BrNO3. The van der Waals surface area contributed by atoms with E-state index in [4.69, 9.17) is 4.74 Å². The van der Waals surface area contributed by atoms with Gasteiger partial charge in [-0.15, -0.1) is 0 Å². The number of halogens is 1. The predicted molar refractivity (Wildman–Crippen MR) is 93.5 cm³/mol. The number of esters is 1. The monoisotopic (exact) mass is 375 g/mol. The molecule has 23 heavy (non-hydrogen) atoms. The summed E-state index contributed by atoms with van der Waals surface area (Å²) in [7, 11) is 0. The van der Waals surface area contributed by atoms with Gasteiger partial charge in [0.15, 0.2) is 0 Å². The van der Waals surface area contributed by atoms with Gasteiger partial charge in [-0.25, -0.2) is 4.79 Å². The van der Waals surface area contributed by atoms with Crippen LogP contribution < -0.4 is 5.32 Å². The molecule has 0 atom stereocenters. The van der Waals surface area contributed by atoms with Crippen LogP contribution in [0.5, 0.6) is 0 Å². The summed E-state index contributed by atoms with van der Waals surface area (Å²) in [6, 6.07) is 14.3. The molecule has 0 aliphatic heterocycles. The van der Waals surface area contributed by atoms with E-state index in [0.29, 0.717) is 11.3 Å². The van der Waals surface area contributed by atoms with E-state index < -0.39 is 5.97 Å². The highest BCUT2D eigenvalue weighted by atomic mass is 79.9. The molecule has 2 aromatic carbocycles. The molecule has 1 amide bonds. The molecule has 0 bridgehead atoms. The van der Waals surface area contributed by atoms with Gasteiger partial charge < -0.3 is 10.1 Å². The van der Waals surface area contributed by atoms with Crippen molar-refractivity contribution in [1.82, 2.24) is 0 Å². The van der Waals surface area contributed by atoms with Crippen LogP contribution in [0, 0.1) is 0 Å². The van der Waals surface area contributed by atoms with E-state index in [2.05, 4.69) is 21.2 Å². The summed E-state index contributed by atoms with van der Waals surface area (Å²) in [5, 5.41) is 2.80. The number of rotatable bonds is 5. The minimum Gasteiger partial charge on any atom is -0.459 e. The molecule has 0 unspecified atom stereocenters. The Balaban J connectivity index is 2.00. The fourth-order valence-electron chi connectivity index (χ4n) is 2.00. The summed E-state index contributed by atoms with van der Waals surface area (Å²) >= 11 is 3.36. The Morgan fingerprint density at radius 1 is 1.13 bits per heavy atom. The average molecular weight is 376 g/mol. The van der Waals surface area contributed by atoms with E-state index in [0.717, 1.165) is 10.0 Å². The van der Waals surface area contributed by atoms with Gasteiger partial charge in [-0.3, -0.25) is 4.79 Å². The van der Waals surface area contributed by atoms with Crippen LogP contribution in [0.4, 0.5) is 5.69 Å². The average Bonchev–Trinajstić information content (AvgIpc) is 2.49. The van der Waals surface area contributed by atoms with Crippen molar-refractivity contribution in [2.24, 2.45) is 0 Å². The van der Waals surface area contributed by atoms with E-state index in [1.807, 2.05) is 24.3 Å². The lowest BCUT2D eigenvalue weighted by Gasteiger charge is -2.10. The summed E-state index contributed by atoms with van der Waals surface area (Å²) in [4.78, 5) is 24.0. The number of anilines is 1. The number of hydrogen-bond donors (Lipinski definition) is 1. The summed E-state index contributed by atoms with van der Waals surface area (Å²) < 4.78 is 6.12. The molecule has 2 rings (SSSR count). The zero-order valence-electron chi connectivity index (χ0n) is 13.0. The van der Waals surface area contributed by atoms with Crippen LogP contribution in [0.3, 0.4) is 0 Å². The normalized spacial score (nSPS) is 10.4. The second-order valence-electron chi connectivity index (χ2n) is 5.39. The van der Waals surface area contributed by atoms with Crippen LogP contribution >= 0.6 is 15.9 Å². The van der Waals surface area contributed by atoms with Gasteiger partial charge in [-0.1, -0.05) is 34.1 Å². The first-order valence-corrected chi connectivity index (χ1v) is 8.08. The first-order valence-electron chi connectivity index (χ1n) is 7.29. The van der Waals surface area contributed by atoms with Crippen molar-refractivity contribution >= 4 is 33.5 Å². The van der Waals surface area contributed by atoms with E-state index in [1.54, 1.807) is 38.1 Å². The Kier molecular flexibility index (Phi) is 5.93. The fraction of sp³-hybridized carbons (Fsp3) is 0.222. The molecule has 0 saturated carbocycles. The van der Waals surface area contributed by atoms with Gasteiger partial charge in [0.2, 0.25) is 5.91 Å². The van der Waals surface area contributed by atoms with Crippen molar-refractivity contribution in [2.45, 2.75) is 26.4 Å². The van der Waals surface area contributed by atoms with E-state index >= 15 is 0 Å². The minimum absolute atomic E-state index is 0.137. The number of hydrogen-bond acceptors (Lipinski definition) is 3. The Bertz CT molecular complexity index is 696. The first-order chi connectivity index (χ1) is 10.9. The van der Waals surface area contributed by atoms with Crippen molar-refractivity contribution < 1.29 is 14.3 Å². The van der Waals surface area contributed by atoms with Crippen molar-refractivity contribution in [3.63, 3.8) is 0 Å². The molecule has 2 aromatic rings. The quantitative estimate of drug-likeness (QED) is 0.796. The molecule has 0 saturated heterocycles.